The third-order valence-electron chi connectivity index (χ3n) is 4.54. The Balaban J connectivity index is 1.51. The lowest BCUT2D eigenvalue weighted by molar-refractivity contribution is 0.0954. The van der Waals surface area contributed by atoms with E-state index < -0.39 is 0 Å². The number of aromatic nitrogens is 1. The van der Waals surface area contributed by atoms with Crippen LogP contribution in [-0.2, 0) is 0 Å². The lowest BCUT2D eigenvalue weighted by Crippen LogP contribution is -2.18. The van der Waals surface area contributed by atoms with Crippen LogP contribution in [0.15, 0.2) is 53.6 Å². The summed E-state index contributed by atoms with van der Waals surface area (Å²) in [6, 6.07) is 13.3. The van der Waals surface area contributed by atoms with E-state index in [1.54, 1.807) is 36.5 Å². The summed E-state index contributed by atoms with van der Waals surface area (Å²) in [6.07, 6.45) is 1.54. The molecule has 1 amide bonds. The number of hydrogen-bond donors (Lipinski definition) is 1. The van der Waals surface area contributed by atoms with Crippen molar-refractivity contribution in [3.8, 4) is 17.2 Å². The number of rotatable bonds is 4. The van der Waals surface area contributed by atoms with Gasteiger partial charge in [-0.15, -0.1) is 0 Å². The SMILES string of the molecule is Cc1cc(C(=O)N/N=C\c2ccc3c(c2)OCO3)c(C)n1-c1ccc(F)cc1. The predicted molar refractivity (Wildman–Crippen MR) is 103 cm³/mol. The molecule has 6 nitrogen and oxygen atoms in total. The summed E-state index contributed by atoms with van der Waals surface area (Å²) in [5.41, 5.74) is 6.24. The largest absolute Gasteiger partial charge is 0.454 e. The second kappa shape index (κ2) is 7.19. The van der Waals surface area contributed by atoms with Gasteiger partial charge in [0, 0.05) is 17.1 Å². The van der Waals surface area contributed by atoms with E-state index in [0.29, 0.717) is 17.1 Å². The lowest BCUT2D eigenvalue weighted by atomic mass is 10.2. The van der Waals surface area contributed by atoms with Gasteiger partial charge in [0.05, 0.1) is 11.8 Å². The summed E-state index contributed by atoms with van der Waals surface area (Å²) in [7, 11) is 0. The van der Waals surface area contributed by atoms with Crippen molar-refractivity contribution in [1.29, 1.82) is 0 Å². The highest BCUT2D eigenvalue weighted by molar-refractivity contribution is 5.96. The normalized spacial score (nSPS) is 12.5. The second-order valence-electron chi connectivity index (χ2n) is 6.41. The van der Waals surface area contributed by atoms with Gasteiger partial charge in [-0.2, -0.15) is 5.10 Å². The Hall–Kier alpha value is -3.61. The van der Waals surface area contributed by atoms with Gasteiger partial charge in [0.25, 0.3) is 5.91 Å². The molecule has 4 rings (SSSR count). The molecule has 1 aliphatic rings. The van der Waals surface area contributed by atoms with Gasteiger partial charge in [-0.05, 0) is 67.9 Å². The van der Waals surface area contributed by atoms with E-state index in [1.165, 1.54) is 12.1 Å². The topological polar surface area (TPSA) is 64.8 Å². The monoisotopic (exact) mass is 379 g/mol. The van der Waals surface area contributed by atoms with Crippen molar-refractivity contribution in [1.82, 2.24) is 9.99 Å². The van der Waals surface area contributed by atoms with Crippen LogP contribution in [0, 0.1) is 19.7 Å². The van der Waals surface area contributed by atoms with Gasteiger partial charge >= 0.3 is 0 Å². The van der Waals surface area contributed by atoms with Gasteiger partial charge < -0.3 is 14.0 Å². The van der Waals surface area contributed by atoms with E-state index in [0.717, 1.165) is 22.6 Å². The van der Waals surface area contributed by atoms with E-state index in [-0.39, 0.29) is 18.5 Å². The van der Waals surface area contributed by atoms with Crippen molar-refractivity contribution >= 4 is 12.1 Å². The van der Waals surface area contributed by atoms with E-state index in [2.05, 4.69) is 10.5 Å². The first-order chi connectivity index (χ1) is 13.5. The van der Waals surface area contributed by atoms with E-state index in [4.69, 9.17) is 9.47 Å². The van der Waals surface area contributed by atoms with Crippen molar-refractivity contribution < 1.29 is 18.7 Å². The first kappa shape index (κ1) is 17.8. The zero-order valence-electron chi connectivity index (χ0n) is 15.4. The molecule has 1 N–H and O–H groups in total. The Bertz CT molecular complexity index is 1070. The zero-order chi connectivity index (χ0) is 19.7. The van der Waals surface area contributed by atoms with Crippen LogP contribution < -0.4 is 14.9 Å². The zero-order valence-corrected chi connectivity index (χ0v) is 15.4. The Labute approximate surface area is 161 Å². The molecule has 0 bridgehead atoms. The van der Waals surface area contributed by atoms with Crippen LogP contribution in [-0.4, -0.2) is 23.5 Å². The minimum Gasteiger partial charge on any atom is -0.454 e. The van der Waals surface area contributed by atoms with Crippen LogP contribution in [0.5, 0.6) is 11.5 Å². The third-order valence-corrected chi connectivity index (χ3v) is 4.54. The number of nitrogens with one attached hydrogen (secondary N) is 1. The van der Waals surface area contributed by atoms with Crippen LogP contribution in [0.1, 0.15) is 27.3 Å². The van der Waals surface area contributed by atoms with E-state index in [1.807, 2.05) is 24.5 Å². The average molecular weight is 379 g/mol. The minimum atomic E-state index is -0.321. The number of hydrogen-bond acceptors (Lipinski definition) is 4. The predicted octanol–water partition coefficient (Wildman–Crippen LogP) is 3.73. The number of benzene rings is 2. The number of ether oxygens (including phenoxy) is 2. The molecular weight excluding hydrogens is 361 g/mol. The summed E-state index contributed by atoms with van der Waals surface area (Å²) in [5.74, 6) is 0.716. The number of amides is 1. The van der Waals surface area contributed by atoms with Gasteiger partial charge in [0.2, 0.25) is 6.79 Å². The van der Waals surface area contributed by atoms with Gasteiger partial charge in [-0.25, -0.2) is 9.82 Å². The van der Waals surface area contributed by atoms with Gasteiger partial charge in [-0.3, -0.25) is 4.79 Å². The fraction of sp³-hybridized carbons (Fsp3) is 0.143. The Kier molecular flexibility index (Phi) is 4.57. The lowest BCUT2D eigenvalue weighted by Gasteiger charge is -2.09. The van der Waals surface area contributed by atoms with Crippen LogP contribution >= 0.6 is 0 Å². The van der Waals surface area contributed by atoms with E-state index >= 15 is 0 Å². The van der Waals surface area contributed by atoms with Crippen LogP contribution in [0.25, 0.3) is 5.69 Å². The van der Waals surface area contributed by atoms with Crippen molar-refractivity contribution in [2.45, 2.75) is 13.8 Å². The molecule has 0 atom stereocenters. The molecule has 28 heavy (non-hydrogen) atoms. The van der Waals surface area contributed by atoms with Crippen molar-refractivity contribution in [2.24, 2.45) is 5.10 Å². The molecule has 0 saturated heterocycles. The summed E-state index contributed by atoms with van der Waals surface area (Å²) in [6.45, 7) is 3.94. The number of hydrazone groups is 1. The number of aryl methyl sites for hydroxylation is 1. The van der Waals surface area contributed by atoms with Gasteiger partial charge in [-0.1, -0.05) is 0 Å². The highest BCUT2D eigenvalue weighted by Crippen LogP contribution is 2.32. The first-order valence-corrected chi connectivity index (χ1v) is 8.71. The molecule has 2 aromatic carbocycles. The molecule has 0 unspecified atom stereocenters. The maximum atomic E-state index is 13.2. The van der Waals surface area contributed by atoms with Crippen molar-refractivity contribution in [2.75, 3.05) is 6.79 Å². The van der Waals surface area contributed by atoms with Crippen LogP contribution in [0.2, 0.25) is 0 Å². The number of nitrogens with zero attached hydrogens (tertiary/aromatic N) is 2. The first-order valence-electron chi connectivity index (χ1n) is 8.71. The van der Waals surface area contributed by atoms with Crippen molar-refractivity contribution in [3.05, 3.63) is 76.9 Å². The molecule has 0 fully saturated rings. The average Bonchev–Trinajstić information content (AvgIpc) is 3.26. The summed E-state index contributed by atoms with van der Waals surface area (Å²) in [4.78, 5) is 12.6. The molecule has 7 heteroatoms. The smallest absolute Gasteiger partial charge is 0.273 e. The number of carbonyl (C=O) groups excluding carboxylic acids is 1. The van der Waals surface area contributed by atoms with Crippen LogP contribution in [0.3, 0.4) is 0 Å². The Morgan fingerprint density at radius 3 is 2.64 bits per heavy atom. The van der Waals surface area contributed by atoms with Gasteiger partial charge in [0.1, 0.15) is 5.82 Å². The Morgan fingerprint density at radius 1 is 1.11 bits per heavy atom. The molecule has 2 heterocycles. The quantitative estimate of drug-likeness (QED) is 0.555. The maximum Gasteiger partial charge on any atom is 0.273 e. The minimum absolute atomic E-state index is 0.205. The molecule has 142 valence electrons. The molecule has 3 aromatic rings. The number of halogens is 1. The van der Waals surface area contributed by atoms with Crippen LogP contribution in [0.4, 0.5) is 4.39 Å². The van der Waals surface area contributed by atoms with Crippen molar-refractivity contribution in [3.63, 3.8) is 0 Å². The standard InChI is InChI=1S/C21H18FN3O3/c1-13-9-18(14(2)25(13)17-6-4-16(22)5-7-17)21(26)24-23-11-15-3-8-19-20(10-15)28-12-27-19/h3-11H,12H2,1-2H3,(H,24,26)/b23-11-. The molecular formula is C21H18FN3O3. The fourth-order valence-electron chi connectivity index (χ4n) is 3.20. The molecule has 0 aliphatic carbocycles. The third kappa shape index (κ3) is 3.34. The highest BCUT2D eigenvalue weighted by atomic mass is 19.1. The molecule has 0 radical (unpaired) electrons. The second-order valence-corrected chi connectivity index (χ2v) is 6.41. The summed E-state index contributed by atoms with van der Waals surface area (Å²) < 4.78 is 25.7. The Morgan fingerprint density at radius 2 is 1.86 bits per heavy atom. The van der Waals surface area contributed by atoms with Gasteiger partial charge in [0.15, 0.2) is 11.5 Å². The molecule has 0 saturated carbocycles. The number of fused-ring (bicyclic) bond motifs is 1. The molecule has 1 aliphatic heterocycles. The van der Waals surface area contributed by atoms with E-state index in [9.17, 15) is 9.18 Å². The molecule has 0 spiro atoms. The summed E-state index contributed by atoms with van der Waals surface area (Å²) in [5, 5.41) is 4.03. The molecule has 1 aromatic heterocycles. The highest BCUT2D eigenvalue weighted by Gasteiger charge is 2.16. The fourth-order valence-corrected chi connectivity index (χ4v) is 3.20. The number of carbonyl (C=O) groups is 1. The summed E-state index contributed by atoms with van der Waals surface area (Å²) >= 11 is 0. The maximum absolute atomic E-state index is 13.2.